The van der Waals surface area contributed by atoms with Crippen LogP contribution in [0.3, 0.4) is 0 Å². The predicted molar refractivity (Wildman–Crippen MR) is 116 cm³/mol. The summed E-state index contributed by atoms with van der Waals surface area (Å²) in [5.41, 5.74) is 0.964. The molecule has 1 atom stereocenters. The van der Waals surface area contributed by atoms with Crippen molar-refractivity contribution in [3.05, 3.63) is 72.5 Å². The Morgan fingerprint density at radius 2 is 1.75 bits per heavy atom. The van der Waals surface area contributed by atoms with Gasteiger partial charge in [-0.05, 0) is 36.8 Å². The van der Waals surface area contributed by atoms with Crippen molar-refractivity contribution in [3.8, 4) is 23.1 Å². The Morgan fingerprint density at radius 3 is 2.50 bits per heavy atom. The molecule has 0 spiro atoms. The Kier molecular flexibility index (Phi) is 5.10. The highest BCUT2D eigenvalue weighted by Crippen LogP contribution is 2.38. The number of ether oxygens (including phenoxy) is 2. The van der Waals surface area contributed by atoms with Gasteiger partial charge in [-0.25, -0.2) is 8.42 Å². The molecule has 0 saturated heterocycles. The van der Waals surface area contributed by atoms with Crippen LogP contribution in [-0.2, 0) is 9.84 Å². The van der Waals surface area contributed by atoms with Crippen LogP contribution in [0.5, 0.6) is 11.5 Å². The maximum atomic E-state index is 13.6. The predicted octanol–water partition coefficient (Wildman–Crippen LogP) is 4.71. The average Bonchev–Trinajstić information content (AvgIpc) is 3.50. The van der Waals surface area contributed by atoms with Gasteiger partial charge in [0.25, 0.3) is 5.89 Å². The molecule has 164 valence electrons. The summed E-state index contributed by atoms with van der Waals surface area (Å²) in [5.74, 6) is 1.29. The topological polar surface area (TPSA) is 104 Å². The van der Waals surface area contributed by atoms with Crippen molar-refractivity contribution in [1.29, 1.82) is 0 Å². The Hall–Kier alpha value is -3.72. The molecule has 0 bridgehead atoms. The summed E-state index contributed by atoms with van der Waals surface area (Å²) in [6, 6.07) is 17.2. The molecular weight excluding hydrogens is 432 g/mol. The molecule has 0 aliphatic carbocycles. The van der Waals surface area contributed by atoms with E-state index in [1.54, 1.807) is 18.2 Å². The van der Waals surface area contributed by atoms with Crippen LogP contribution in [0.15, 0.2) is 85.7 Å². The maximum Gasteiger partial charge on any atom is 0.266 e. The first-order valence-corrected chi connectivity index (χ1v) is 11.5. The van der Waals surface area contributed by atoms with Gasteiger partial charge in [-0.1, -0.05) is 30.3 Å². The van der Waals surface area contributed by atoms with E-state index in [4.69, 9.17) is 18.3 Å². The first-order valence-electron chi connectivity index (χ1n) is 10.0. The number of furan rings is 1. The number of hydrogen-bond donors (Lipinski definition) is 1. The fourth-order valence-corrected chi connectivity index (χ4v) is 4.69. The van der Waals surface area contributed by atoms with E-state index >= 15 is 0 Å². The van der Waals surface area contributed by atoms with Gasteiger partial charge in [0.05, 0.1) is 17.2 Å². The van der Waals surface area contributed by atoms with E-state index in [1.807, 2.05) is 37.3 Å². The number of nitrogens with zero attached hydrogens (tertiary/aromatic N) is 1. The van der Waals surface area contributed by atoms with E-state index in [0.29, 0.717) is 30.5 Å². The first-order chi connectivity index (χ1) is 15.5. The largest absolute Gasteiger partial charge is 0.486 e. The molecule has 5 rings (SSSR count). The number of oxazole rings is 1. The molecule has 1 N–H and O–H groups in total. The summed E-state index contributed by atoms with van der Waals surface area (Å²) in [4.78, 5) is 4.30. The number of rotatable bonds is 6. The summed E-state index contributed by atoms with van der Waals surface area (Å²) in [6.45, 7) is 2.68. The van der Waals surface area contributed by atoms with Gasteiger partial charge in [0.15, 0.2) is 17.3 Å². The minimum Gasteiger partial charge on any atom is -0.486 e. The van der Waals surface area contributed by atoms with E-state index in [9.17, 15) is 8.42 Å². The lowest BCUT2D eigenvalue weighted by Crippen LogP contribution is -2.16. The fraction of sp³-hybridized carbons (Fsp3) is 0.174. The standard InChI is InChI=1S/C23H20N2O6S/c1-15(16-6-3-2-4-7-16)24-22-23(25-21(31-22)19-8-5-11-28-19)32(26,27)17-9-10-18-20(14-17)30-13-12-29-18/h2-11,14-15,24H,12-13H2,1H3. The molecule has 8 nitrogen and oxygen atoms in total. The lowest BCUT2D eigenvalue weighted by molar-refractivity contribution is 0.171. The number of anilines is 1. The van der Waals surface area contributed by atoms with Crippen molar-refractivity contribution < 1.29 is 26.7 Å². The van der Waals surface area contributed by atoms with Crippen LogP contribution in [0.4, 0.5) is 5.88 Å². The van der Waals surface area contributed by atoms with Crippen molar-refractivity contribution in [2.45, 2.75) is 22.9 Å². The smallest absolute Gasteiger partial charge is 0.266 e. The molecular formula is C23H20N2O6S. The maximum absolute atomic E-state index is 13.6. The van der Waals surface area contributed by atoms with Gasteiger partial charge in [-0.2, -0.15) is 4.98 Å². The third-order valence-electron chi connectivity index (χ3n) is 5.05. The zero-order valence-corrected chi connectivity index (χ0v) is 18.0. The van der Waals surface area contributed by atoms with E-state index in [2.05, 4.69) is 10.3 Å². The van der Waals surface area contributed by atoms with Crippen molar-refractivity contribution in [2.75, 3.05) is 18.5 Å². The summed E-state index contributed by atoms with van der Waals surface area (Å²) >= 11 is 0. The number of aromatic nitrogens is 1. The Balaban J connectivity index is 1.57. The first kappa shape index (κ1) is 20.2. The van der Waals surface area contributed by atoms with Crippen molar-refractivity contribution in [3.63, 3.8) is 0 Å². The second-order valence-electron chi connectivity index (χ2n) is 7.22. The number of hydrogen-bond acceptors (Lipinski definition) is 8. The van der Waals surface area contributed by atoms with Crippen LogP contribution in [-0.4, -0.2) is 26.6 Å². The van der Waals surface area contributed by atoms with E-state index in [1.165, 1.54) is 18.4 Å². The second-order valence-corrected chi connectivity index (χ2v) is 9.08. The van der Waals surface area contributed by atoms with Crippen LogP contribution >= 0.6 is 0 Å². The summed E-state index contributed by atoms with van der Waals surface area (Å²) in [6.07, 6.45) is 1.47. The zero-order valence-electron chi connectivity index (χ0n) is 17.1. The third kappa shape index (κ3) is 3.71. The van der Waals surface area contributed by atoms with Crippen molar-refractivity contribution >= 4 is 15.7 Å². The quantitative estimate of drug-likeness (QED) is 0.449. The molecule has 1 aliphatic rings. The summed E-state index contributed by atoms with van der Waals surface area (Å²) in [7, 11) is -4.05. The number of sulfone groups is 1. The monoisotopic (exact) mass is 452 g/mol. The molecule has 0 amide bonds. The van der Waals surface area contributed by atoms with E-state index in [-0.39, 0.29) is 27.7 Å². The molecule has 1 aliphatic heterocycles. The number of benzene rings is 2. The highest BCUT2D eigenvalue weighted by atomic mass is 32.2. The fourth-order valence-electron chi connectivity index (χ4n) is 3.41. The summed E-state index contributed by atoms with van der Waals surface area (Å²) in [5, 5.41) is 2.91. The normalized spacial score (nSPS) is 14.2. The lowest BCUT2D eigenvalue weighted by atomic mass is 10.1. The van der Waals surface area contributed by atoms with Gasteiger partial charge >= 0.3 is 0 Å². The average molecular weight is 452 g/mol. The Bertz CT molecular complexity index is 1330. The van der Waals surface area contributed by atoms with E-state index < -0.39 is 9.84 Å². The molecule has 9 heteroatoms. The van der Waals surface area contributed by atoms with Crippen LogP contribution in [0, 0.1) is 0 Å². The van der Waals surface area contributed by atoms with Gasteiger partial charge in [-0.15, -0.1) is 0 Å². The minimum atomic E-state index is -4.05. The molecule has 32 heavy (non-hydrogen) atoms. The number of nitrogens with one attached hydrogen (secondary N) is 1. The minimum absolute atomic E-state index is 0.0245. The van der Waals surface area contributed by atoms with Crippen molar-refractivity contribution in [1.82, 2.24) is 4.98 Å². The van der Waals surface area contributed by atoms with Gasteiger partial charge in [0.1, 0.15) is 13.2 Å². The molecule has 4 aromatic rings. The van der Waals surface area contributed by atoms with Gasteiger partial charge < -0.3 is 23.6 Å². The highest BCUT2D eigenvalue weighted by molar-refractivity contribution is 7.91. The highest BCUT2D eigenvalue weighted by Gasteiger charge is 2.31. The molecule has 2 aromatic carbocycles. The molecule has 1 unspecified atom stereocenters. The number of fused-ring (bicyclic) bond motifs is 1. The lowest BCUT2D eigenvalue weighted by Gasteiger charge is -2.19. The van der Waals surface area contributed by atoms with Crippen LogP contribution in [0.25, 0.3) is 11.7 Å². The van der Waals surface area contributed by atoms with E-state index in [0.717, 1.165) is 5.56 Å². The molecule has 3 heterocycles. The van der Waals surface area contributed by atoms with Crippen molar-refractivity contribution in [2.24, 2.45) is 0 Å². The van der Waals surface area contributed by atoms with Gasteiger partial charge in [0, 0.05) is 6.07 Å². The molecule has 0 saturated carbocycles. The Morgan fingerprint density at radius 1 is 0.969 bits per heavy atom. The van der Waals surface area contributed by atoms with Gasteiger partial charge in [0.2, 0.25) is 20.7 Å². The second kappa shape index (κ2) is 8.08. The summed E-state index contributed by atoms with van der Waals surface area (Å²) < 4.78 is 49.3. The molecule has 0 fully saturated rings. The van der Waals surface area contributed by atoms with Crippen LogP contribution < -0.4 is 14.8 Å². The van der Waals surface area contributed by atoms with Gasteiger partial charge in [-0.3, -0.25) is 0 Å². The zero-order chi connectivity index (χ0) is 22.1. The Labute approximate surface area is 184 Å². The molecule has 0 radical (unpaired) electrons. The van der Waals surface area contributed by atoms with Crippen LogP contribution in [0.2, 0.25) is 0 Å². The van der Waals surface area contributed by atoms with Crippen LogP contribution in [0.1, 0.15) is 18.5 Å². The molecule has 2 aromatic heterocycles. The SMILES string of the molecule is CC(Nc1oc(-c2ccco2)nc1S(=O)(=O)c1ccc2c(c1)OCCO2)c1ccccc1. The third-order valence-corrected chi connectivity index (χ3v) is 6.71.